The average molecular weight is 277 g/mol. The first-order valence-electron chi connectivity index (χ1n) is 5.76. The molecular formula is C12H14F3NO3. The van der Waals surface area contributed by atoms with Crippen molar-refractivity contribution in [3.05, 3.63) is 29.8 Å². The van der Waals surface area contributed by atoms with Crippen molar-refractivity contribution in [2.24, 2.45) is 5.73 Å². The van der Waals surface area contributed by atoms with Crippen LogP contribution in [0.4, 0.5) is 13.2 Å². The zero-order valence-corrected chi connectivity index (χ0v) is 10.0. The Labute approximate surface area is 108 Å². The standard InChI is InChI=1S/C12H14F3NO3/c13-12(14,15)19-9-3-1-2-8(6-9)11(16)10-7-17-4-5-18-10/h1-3,6,10-11H,4-5,7,16H2. The van der Waals surface area contributed by atoms with E-state index in [1.165, 1.54) is 18.2 Å². The van der Waals surface area contributed by atoms with Gasteiger partial charge in [-0.1, -0.05) is 12.1 Å². The minimum atomic E-state index is -4.72. The Morgan fingerprint density at radius 1 is 1.32 bits per heavy atom. The van der Waals surface area contributed by atoms with E-state index in [1.807, 2.05) is 0 Å². The number of alkyl halides is 3. The summed E-state index contributed by atoms with van der Waals surface area (Å²) in [5.74, 6) is -0.294. The molecule has 0 aromatic heterocycles. The lowest BCUT2D eigenvalue weighted by Gasteiger charge is -2.28. The van der Waals surface area contributed by atoms with Crippen LogP contribution in [0.25, 0.3) is 0 Å². The van der Waals surface area contributed by atoms with Gasteiger partial charge < -0.3 is 19.9 Å². The number of rotatable bonds is 3. The van der Waals surface area contributed by atoms with Gasteiger partial charge in [-0.25, -0.2) is 0 Å². The molecule has 0 aliphatic carbocycles. The molecule has 1 aliphatic heterocycles. The molecule has 0 saturated carbocycles. The lowest BCUT2D eigenvalue weighted by molar-refractivity contribution is -0.274. The Hall–Kier alpha value is -1.31. The third kappa shape index (κ3) is 4.09. The number of hydrogen-bond donors (Lipinski definition) is 1. The van der Waals surface area contributed by atoms with Gasteiger partial charge in [-0.3, -0.25) is 0 Å². The molecular weight excluding hydrogens is 263 g/mol. The Balaban J connectivity index is 2.09. The topological polar surface area (TPSA) is 53.7 Å². The van der Waals surface area contributed by atoms with Crippen LogP contribution < -0.4 is 10.5 Å². The van der Waals surface area contributed by atoms with Crippen LogP contribution in [0.15, 0.2) is 24.3 Å². The van der Waals surface area contributed by atoms with Crippen LogP contribution in [0, 0.1) is 0 Å². The summed E-state index contributed by atoms with van der Waals surface area (Å²) in [5.41, 5.74) is 6.47. The van der Waals surface area contributed by atoms with E-state index >= 15 is 0 Å². The molecule has 1 fully saturated rings. The second kappa shape index (κ2) is 5.77. The summed E-state index contributed by atoms with van der Waals surface area (Å²) in [5, 5.41) is 0. The Kier molecular flexibility index (Phi) is 4.28. The first-order valence-corrected chi connectivity index (χ1v) is 5.76. The summed E-state index contributed by atoms with van der Waals surface area (Å²) in [7, 11) is 0. The number of nitrogens with two attached hydrogens (primary N) is 1. The molecule has 0 bridgehead atoms. The molecule has 0 amide bonds. The molecule has 1 heterocycles. The number of ether oxygens (including phenoxy) is 3. The molecule has 106 valence electrons. The van der Waals surface area contributed by atoms with Gasteiger partial charge in [-0.05, 0) is 17.7 Å². The van der Waals surface area contributed by atoms with Gasteiger partial charge in [-0.2, -0.15) is 0 Å². The van der Waals surface area contributed by atoms with E-state index in [1.54, 1.807) is 6.07 Å². The highest BCUT2D eigenvalue weighted by molar-refractivity contribution is 5.31. The zero-order chi connectivity index (χ0) is 13.9. The van der Waals surface area contributed by atoms with Crippen molar-refractivity contribution >= 4 is 0 Å². The van der Waals surface area contributed by atoms with E-state index in [0.717, 1.165) is 0 Å². The largest absolute Gasteiger partial charge is 0.573 e. The van der Waals surface area contributed by atoms with Gasteiger partial charge in [0.15, 0.2) is 0 Å². The minimum absolute atomic E-state index is 0.294. The van der Waals surface area contributed by atoms with Crippen molar-refractivity contribution in [2.45, 2.75) is 18.5 Å². The maximum Gasteiger partial charge on any atom is 0.573 e. The molecule has 1 saturated heterocycles. The van der Waals surface area contributed by atoms with Crippen LogP contribution in [0.3, 0.4) is 0 Å². The molecule has 0 spiro atoms. The second-order valence-electron chi connectivity index (χ2n) is 4.13. The molecule has 7 heteroatoms. The summed E-state index contributed by atoms with van der Waals surface area (Å²) < 4.78 is 50.9. The van der Waals surface area contributed by atoms with E-state index in [2.05, 4.69) is 4.74 Å². The number of hydrogen-bond acceptors (Lipinski definition) is 4. The Morgan fingerprint density at radius 3 is 2.74 bits per heavy atom. The van der Waals surface area contributed by atoms with Crippen LogP contribution in [0.1, 0.15) is 11.6 Å². The second-order valence-corrected chi connectivity index (χ2v) is 4.13. The number of benzene rings is 1. The first-order chi connectivity index (χ1) is 8.96. The van der Waals surface area contributed by atoms with Crippen molar-refractivity contribution in [3.63, 3.8) is 0 Å². The van der Waals surface area contributed by atoms with Gasteiger partial charge in [0.25, 0.3) is 0 Å². The van der Waals surface area contributed by atoms with Crippen LogP contribution in [0.5, 0.6) is 5.75 Å². The molecule has 4 nitrogen and oxygen atoms in total. The maximum atomic E-state index is 12.1. The monoisotopic (exact) mass is 277 g/mol. The summed E-state index contributed by atoms with van der Waals surface area (Å²) in [4.78, 5) is 0. The van der Waals surface area contributed by atoms with Crippen molar-refractivity contribution in [3.8, 4) is 5.75 Å². The van der Waals surface area contributed by atoms with Gasteiger partial charge in [0.05, 0.1) is 25.9 Å². The fraction of sp³-hybridized carbons (Fsp3) is 0.500. The van der Waals surface area contributed by atoms with Gasteiger partial charge >= 0.3 is 6.36 Å². The van der Waals surface area contributed by atoms with E-state index < -0.39 is 12.4 Å². The quantitative estimate of drug-likeness (QED) is 0.918. The number of halogens is 3. The summed E-state index contributed by atoms with van der Waals surface area (Å²) in [6.07, 6.45) is -5.08. The lowest BCUT2D eigenvalue weighted by Crippen LogP contribution is -2.37. The van der Waals surface area contributed by atoms with Crippen LogP contribution in [-0.2, 0) is 9.47 Å². The molecule has 1 aromatic rings. The summed E-state index contributed by atoms with van der Waals surface area (Å²) >= 11 is 0. The van der Waals surface area contributed by atoms with E-state index in [-0.39, 0.29) is 11.9 Å². The molecule has 2 atom stereocenters. The van der Waals surface area contributed by atoms with Gasteiger partial charge in [-0.15, -0.1) is 13.2 Å². The minimum Gasteiger partial charge on any atom is -0.406 e. The highest BCUT2D eigenvalue weighted by atomic mass is 19.4. The van der Waals surface area contributed by atoms with E-state index in [9.17, 15) is 13.2 Å². The molecule has 2 N–H and O–H groups in total. The van der Waals surface area contributed by atoms with Crippen molar-refractivity contribution in [1.82, 2.24) is 0 Å². The molecule has 0 radical (unpaired) electrons. The molecule has 19 heavy (non-hydrogen) atoms. The fourth-order valence-electron chi connectivity index (χ4n) is 1.85. The molecule has 1 aromatic carbocycles. The first kappa shape index (κ1) is 14.1. The maximum absolute atomic E-state index is 12.1. The van der Waals surface area contributed by atoms with Gasteiger partial charge in [0.1, 0.15) is 11.9 Å². The zero-order valence-electron chi connectivity index (χ0n) is 10.0. The van der Waals surface area contributed by atoms with E-state index in [0.29, 0.717) is 25.4 Å². The summed E-state index contributed by atoms with van der Waals surface area (Å²) in [6.45, 7) is 1.25. The third-order valence-corrected chi connectivity index (χ3v) is 2.72. The molecule has 2 rings (SSSR count). The van der Waals surface area contributed by atoms with Gasteiger partial charge in [0.2, 0.25) is 0 Å². The summed E-state index contributed by atoms with van der Waals surface area (Å²) in [6, 6.07) is 5.02. The van der Waals surface area contributed by atoms with Crippen LogP contribution in [-0.4, -0.2) is 32.3 Å². The van der Waals surface area contributed by atoms with Gasteiger partial charge in [0, 0.05) is 0 Å². The van der Waals surface area contributed by atoms with Crippen LogP contribution >= 0.6 is 0 Å². The van der Waals surface area contributed by atoms with Crippen molar-refractivity contribution < 1.29 is 27.4 Å². The Bertz CT molecular complexity index is 419. The smallest absolute Gasteiger partial charge is 0.406 e. The van der Waals surface area contributed by atoms with E-state index in [4.69, 9.17) is 15.2 Å². The Morgan fingerprint density at radius 2 is 2.11 bits per heavy atom. The predicted octanol–water partition coefficient (Wildman–Crippen LogP) is 2.00. The SMILES string of the molecule is NC(c1cccc(OC(F)(F)F)c1)C1COCCO1. The fourth-order valence-corrected chi connectivity index (χ4v) is 1.85. The molecule has 2 unspecified atom stereocenters. The average Bonchev–Trinajstić information content (AvgIpc) is 2.37. The highest BCUT2D eigenvalue weighted by Crippen LogP contribution is 2.27. The third-order valence-electron chi connectivity index (χ3n) is 2.72. The molecule has 1 aliphatic rings. The predicted molar refractivity (Wildman–Crippen MR) is 60.6 cm³/mol. The lowest BCUT2D eigenvalue weighted by atomic mass is 10.0. The highest BCUT2D eigenvalue weighted by Gasteiger charge is 2.31. The van der Waals surface area contributed by atoms with Crippen LogP contribution in [0.2, 0.25) is 0 Å². The normalized spacial score (nSPS) is 22.0. The van der Waals surface area contributed by atoms with Crippen molar-refractivity contribution in [1.29, 1.82) is 0 Å². The van der Waals surface area contributed by atoms with Crippen molar-refractivity contribution in [2.75, 3.05) is 19.8 Å².